The smallest absolute Gasteiger partial charge is 0.361 e. The molecular weight excluding hydrogens is 341 g/mol. The average molecular weight is 360 g/mol. The maximum absolute atomic E-state index is 12.9. The molecule has 7 heteroatoms. The molecule has 3 aromatic rings. The molecule has 1 aliphatic heterocycles. The fourth-order valence-electron chi connectivity index (χ4n) is 3.41. The van der Waals surface area contributed by atoms with Crippen molar-refractivity contribution in [2.45, 2.75) is 12.7 Å². The molecule has 0 saturated carbocycles. The van der Waals surface area contributed by atoms with Crippen molar-refractivity contribution in [1.82, 2.24) is 14.9 Å². The van der Waals surface area contributed by atoms with Gasteiger partial charge in [-0.3, -0.25) is 4.90 Å². The van der Waals surface area contributed by atoms with Crippen LogP contribution in [-0.4, -0.2) is 41.0 Å². The van der Waals surface area contributed by atoms with Crippen molar-refractivity contribution in [3.8, 4) is 0 Å². The van der Waals surface area contributed by atoms with Crippen molar-refractivity contribution in [1.29, 1.82) is 0 Å². The van der Waals surface area contributed by atoms with Gasteiger partial charge in [-0.15, -0.1) is 0 Å². The molecule has 0 spiro atoms. The number of nitrogens with zero attached hydrogens (tertiary/aromatic N) is 3. The first-order valence-corrected chi connectivity index (χ1v) is 8.56. The Labute approximate surface area is 149 Å². The van der Waals surface area contributed by atoms with Crippen molar-refractivity contribution in [2.24, 2.45) is 0 Å². The van der Waals surface area contributed by atoms with E-state index in [4.69, 9.17) is 0 Å². The zero-order chi connectivity index (χ0) is 18.1. The van der Waals surface area contributed by atoms with Gasteiger partial charge in [-0.25, -0.2) is 4.98 Å². The first-order valence-electron chi connectivity index (χ1n) is 8.56. The van der Waals surface area contributed by atoms with Crippen LogP contribution in [0.2, 0.25) is 0 Å². The van der Waals surface area contributed by atoms with Gasteiger partial charge in [0.15, 0.2) is 0 Å². The summed E-state index contributed by atoms with van der Waals surface area (Å²) < 4.78 is 38.6. The summed E-state index contributed by atoms with van der Waals surface area (Å²) >= 11 is 0. The number of hydrogen-bond acceptors (Lipinski definition) is 3. The van der Waals surface area contributed by atoms with E-state index < -0.39 is 11.7 Å². The topological polar surface area (TPSA) is 35.2 Å². The van der Waals surface area contributed by atoms with Gasteiger partial charge < -0.3 is 9.88 Å². The number of aromatic nitrogens is 2. The Hall–Kier alpha value is -2.54. The molecule has 0 bridgehead atoms. The molecule has 3 heterocycles. The lowest BCUT2D eigenvalue weighted by atomic mass is 10.1. The minimum Gasteiger partial charge on any atom is -0.361 e. The van der Waals surface area contributed by atoms with E-state index in [9.17, 15) is 13.2 Å². The molecule has 0 amide bonds. The number of halogens is 3. The molecule has 0 atom stereocenters. The number of rotatable bonds is 3. The maximum Gasteiger partial charge on any atom is 0.416 e. The summed E-state index contributed by atoms with van der Waals surface area (Å²) in [5.41, 5.74) is 1.71. The van der Waals surface area contributed by atoms with Crippen LogP contribution in [0.4, 0.5) is 19.0 Å². The molecule has 0 unspecified atom stereocenters. The van der Waals surface area contributed by atoms with Crippen molar-refractivity contribution >= 4 is 16.7 Å². The van der Waals surface area contributed by atoms with Crippen molar-refractivity contribution in [3.05, 3.63) is 59.9 Å². The number of fused-ring (bicyclic) bond motifs is 1. The summed E-state index contributed by atoms with van der Waals surface area (Å²) in [5, 5.41) is 1.22. The first-order chi connectivity index (χ1) is 12.5. The Balaban J connectivity index is 1.41. The second-order valence-corrected chi connectivity index (χ2v) is 6.52. The highest BCUT2D eigenvalue weighted by molar-refractivity contribution is 5.82. The highest BCUT2D eigenvalue weighted by Crippen LogP contribution is 2.31. The third-order valence-electron chi connectivity index (χ3n) is 4.84. The maximum atomic E-state index is 12.9. The van der Waals surface area contributed by atoms with Crippen LogP contribution in [0.5, 0.6) is 0 Å². The zero-order valence-electron chi connectivity index (χ0n) is 14.1. The Morgan fingerprint density at radius 2 is 1.81 bits per heavy atom. The number of aromatic amines is 1. The molecule has 1 saturated heterocycles. The lowest BCUT2D eigenvalue weighted by Gasteiger charge is -2.35. The summed E-state index contributed by atoms with van der Waals surface area (Å²) in [6.07, 6.45) is -1.07. The summed E-state index contributed by atoms with van der Waals surface area (Å²) in [7, 11) is 0. The molecule has 0 radical (unpaired) electrons. The molecule has 1 fully saturated rings. The average Bonchev–Trinajstić information content (AvgIpc) is 3.05. The fraction of sp³-hybridized carbons (Fsp3) is 0.316. The van der Waals surface area contributed by atoms with Crippen LogP contribution < -0.4 is 4.90 Å². The number of H-pyrrole nitrogens is 1. The fourth-order valence-corrected chi connectivity index (χ4v) is 3.41. The highest BCUT2D eigenvalue weighted by Gasteiger charge is 2.31. The predicted octanol–water partition coefficient (Wildman–Crippen LogP) is 3.90. The Morgan fingerprint density at radius 1 is 1.04 bits per heavy atom. The van der Waals surface area contributed by atoms with Crippen LogP contribution in [0, 0.1) is 0 Å². The SMILES string of the molecule is FC(F)(F)c1ccnc(N2CCN(Cc3c[nH]c4ccccc34)CC2)c1. The van der Waals surface area contributed by atoms with E-state index >= 15 is 0 Å². The van der Waals surface area contributed by atoms with Gasteiger partial charge in [0, 0.05) is 56.0 Å². The van der Waals surface area contributed by atoms with Crippen LogP contribution in [0.1, 0.15) is 11.1 Å². The molecular formula is C19H19F3N4. The Bertz CT molecular complexity index is 895. The van der Waals surface area contributed by atoms with E-state index in [1.54, 1.807) is 0 Å². The minimum atomic E-state index is -4.34. The number of pyridine rings is 1. The number of para-hydroxylation sites is 1. The van der Waals surface area contributed by atoms with E-state index in [2.05, 4.69) is 27.0 Å². The van der Waals surface area contributed by atoms with Crippen LogP contribution in [-0.2, 0) is 12.7 Å². The van der Waals surface area contributed by atoms with Gasteiger partial charge in [0.1, 0.15) is 5.82 Å². The van der Waals surface area contributed by atoms with E-state index in [0.29, 0.717) is 18.9 Å². The summed E-state index contributed by atoms with van der Waals surface area (Å²) in [6.45, 7) is 3.73. The summed E-state index contributed by atoms with van der Waals surface area (Å²) in [4.78, 5) is 11.6. The Morgan fingerprint density at radius 3 is 2.58 bits per heavy atom. The monoisotopic (exact) mass is 360 g/mol. The third kappa shape index (κ3) is 3.39. The predicted molar refractivity (Wildman–Crippen MR) is 95.0 cm³/mol. The first kappa shape index (κ1) is 16.9. The van der Waals surface area contributed by atoms with Crippen LogP contribution in [0.25, 0.3) is 10.9 Å². The molecule has 136 valence electrons. The van der Waals surface area contributed by atoms with Crippen molar-refractivity contribution < 1.29 is 13.2 Å². The van der Waals surface area contributed by atoms with Crippen LogP contribution >= 0.6 is 0 Å². The van der Waals surface area contributed by atoms with Gasteiger partial charge in [-0.1, -0.05) is 18.2 Å². The van der Waals surface area contributed by atoms with Gasteiger partial charge in [-0.2, -0.15) is 13.2 Å². The molecule has 2 aromatic heterocycles. The van der Waals surface area contributed by atoms with E-state index in [-0.39, 0.29) is 0 Å². The number of nitrogens with one attached hydrogen (secondary N) is 1. The normalized spacial score (nSPS) is 16.3. The van der Waals surface area contributed by atoms with E-state index in [1.807, 2.05) is 23.2 Å². The van der Waals surface area contributed by atoms with Gasteiger partial charge in [-0.05, 0) is 23.8 Å². The minimum absolute atomic E-state index is 0.395. The van der Waals surface area contributed by atoms with E-state index in [0.717, 1.165) is 37.3 Å². The summed E-state index contributed by atoms with van der Waals surface area (Å²) in [5.74, 6) is 0.395. The lowest BCUT2D eigenvalue weighted by molar-refractivity contribution is -0.137. The standard InChI is InChI=1S/C19H19F3N4/c20-19(21,22)15-5-6-23-18(11-15)26-9-7-25(8-10-26)13-14-12-24-17-4-2-1-3-16(14)17/h1-6,11-12,24H,7-10,13H2. The number of hydrogen-bond donors (Lipinski definition) is 1. The quantitative estimate of drug-likeness (QED) is 0.769. The number of piperazine rings is 1. The molecule has 4 rings (SSSR count). The van der Waals surface area contributed by atoms with Gasteiger partial charge in [0.2, 0.25) is 0 Å². The number of benzene rings is 1. The largest absolute Gasteiger partial charge is 0.416 e. The summed E-state index contributed by atoms with van der Waals surface area (Å²) in [6, 6.07) is 10.3. The molecule has 1 N–H and O–H groups in total. The second-order valence-electron chi connectivity index (χ2n) is 6.52. The molecule has 0 aliphatic carbocycles. The highest BCUT2D eigenvalue weighted by atomic mass is 19.4. The van der Waals surface area contributed by atoms with Crippen molar-refractivity contribution in [3.63, 3.8) is 0 Å². The molecule has 1 aliphatic rings. The number of anilines is 1. The Kier molecular flexibility index (Phi) is 4.32. The lowest BCUT2D eigenvalue weighted by Crippen LogP contribution is -2.46. The van der Waals surface area contributed by atoms with Gasteiger partial charge in [0.05, 0.1) is 5.56 Å². The van der Waals surface area contributed by atoms with Gasteiger partial charge >= 0.3 is 6.18 Å². The third-order valence-corrected chi connectivity index (χ3v) is 4.84. The van der Waals surface area contributed by atoms with Crippen LogP contribution in [0.15, 0.2) is 48.8 Å². The van der Waals surface area contributed by atoms with Crippen molar-refractivity contribution in [2.75, 3.05) is 31.1 Å². The van der Waals surface area contributed by atoms with Crippen LogP contribution in [0.3, 0.4) is 0 Å². The second kappa shape index (κ2) is 6.64. The molecule has 1 aromatic carbocycles. The number of alkyl halides is 3. The van der Waals surface area contributed by atoms with Gasteiger partial charge in [0.25, 0.3) is 0 Å². The van der Waals surface area contributed by atoms with E-state index in [1.165, 1.54) is 17.1 Å². The molecule has 4 nitrogen and oxygen atoms in total. The molecule has 26 heavy (non-hydrogen) atoms. The zero-order valence-corrected chi connectivity index (χ0v) is 14.1.